The molecule has 2 rings (SSSR count). The molecule has 0 saturated heterocycles. The average Bonchev–Trinajstić information content (AvgIpc) is 2.50. The molecule has 1 aliphatic rings. The highest BCUT2D eigenvalue weighted by atomic mass is 32.1. The molecule has 10 heteroatoms. The van der Waals surface area contributed by atoms with Crippen molar-refractivity contribution in [2.24, 2.45) is 0 Å². The number of anilines is 1. The molecule has 0 unspecified atom stereocenters. The molecule has 1 aromatic rings. The molecule has 1 heterocycles. The molecule has 134 valence electrons. The number of carbonyl (C=O) groups excluding carboxylic acids is 1. The van der Waals surface area contributed by atoms with Crippen molar-refractivity contribution in [3.63, 3.8) is 0 Å². The van der Waals surface area contributed by atoms with Crippen molar-refractivity contribution in [2.45, 2.75) is 19.3 Å². The van der Waals surface area contributed by atoms with Crippen LogP contribution < -0.4 is 5.32 Å². The number of hydrogen-bond acceptors (Lipinski definition) is 4. The first-order valence-electron chi connectivity index (χ1n) is 7.06. The molecule has 0 fully saturated rings. The first kappa shape index (κ1) is 18.7. The molecule has 0 bridgehead atoms. The van der Waals surface area contributed by atoms with Crippen molar-refractivity contribution < 1.29 is 33.0 Å². The van der Waals surface area contributed by atoms with Gasteiger partial charge in [0.05, 0.1) is 0 Å². The molecule has 1 aliphatic heterocycles. The van der Waals surface area contributed by atoms with E-state index in [9.17, 15) is 27.9 Å². The molecule has 1 aromatic carbocycles. The molecular formula is C15H13F3N2O4S. The lowest BCUT2D eigenvalue weighted by atomic mass is 10.1. The molecule has 0 aromatic heterocycles. The van der Waals surface area contributed by atoms with E-state index in [1.807, 2.05) is 0 Å². The lowest BCUT2D eigenvalue weighted by Gasteiger charge is -2.25. The first-order valence-corrected chi connectivity index (χ1v) is 7.47. The Hall–Kier alpha value is -2.62. The van der Waals surface area contributed by atoms with Crippen LogP contribution >= 0.6 is 12.2 Å². The van der Waals surface area contributed by atoms with Gasteiger partial charge in [0.25, 0.3) is 5.91 Å². The van der Waals surface area contributed by atoms with Gasteiger partial charge in [-0.3, -0.25) is 4.79 Å². The standard InChI is InChI=1S/C15H13F3N2O4S/c16-8-2-1-3-9(7(8)6-11(17)18)19-13(25)12-10(21)4-5-20(14(12)22)15(23)24/h1-3,11,21H,4-6H2,(H,19,25)(H,23,24). The third-order valence-electron chi connectivity index (χ3n) is 3.50. The Morgan fingerprint density at radius 3 is 2.68 bits per heavy atom. The summed E-state index contributed by atoms with van der Waals surface area (Å²) < 4.78 is 39.1. The van der Waals surface area contributed by atoms with Gasteiger partial charge in [-0.15, -0.1) is 0 Å². The summed E-state index contributed by atoms with van der Waals surface area (Å²) in [6.45, 7) is -0.233. The number of aliphatic hydroxyl groups excluding tert-OH is 1. The van der Waals surface area contributed by atoms with E-state index >= 15 is 0 Å². The fourth-order valence-corrected chi connectivity index (χ4v) is 2.65. The summed E-state index contributed by atoms with van der Waals surface area (Å²) in [5, 5.41) is 21.3. The number of rotatable bonds is 4. The molecule has 3 N–H and O–H groups in total. The van der Waals surface area contributed by atoms with Crippen LogP contribution in [0, 0.1) is 5.82 Å². The number of aliphatic hydroxyl groups is 1. The van der Waals surface area contributed by atoms with Crippen LogP contribution in [0.2, 0.25) is 0 Å². The average molecular weight is 374 g/mol. The lowest BCUT2D eigenvalue weighted by Crippen LogP contribution is -2.43. The van der Waals surface area contributed by atoms with Crippen LogP contribution in [0.4, 0.5) is 23.7 Å². The van der Waals surface area contributed by atoms with Crippen molar-refractivity contribution in [1.82, 2.24) is 4.90 Å². The van der Waals surface area contributed by atoms with Crippen molar-refractivity contribution in [3.8, 4) is 0 Å². The van der Waals surface area contributed by atoms with E-state index in [4.69, 9.17) is 17.3 Å². The second-order valence-electron chi connectivity index (χ2n) is 5.13. The smallest absolute Gasteiger partial charge is 0.414 e. The third-order valence-corrected chi connectivity index (χ3v) is 3.81. The number of nitrogens with zero attached hydrogens (tertiary/aromatic N) is 1. The zero-order chi connectivity index (χ0) is 18.7. The van der Waals surface area contributed by atoms with Crippen LogP contribution in [-0.4, -0.2) is 45.1 Å². The van der Waals surface area contributed by atoms with E-state index in [-0.39, 0.29) is 29.2 Å². The molecule has 25 heavy (non-hydrogen) atoms. The maximum Gasteiger partial charge on any atom is 0.414 e. The molecule has 6 nitrogen and oxygen atoms in total. The summed E-state index contributed by atoms with van der Waals surface area (Å²) >= 11 is 4.99. The molecular weight excluding hydrogens is 361 g/mol. The molecule has 0 saturated carbocycles. The second-order valence-corrected chi connectivity index (χ2v) is 5.53. The van der Waals surface area contributed by atoms with Crippen LogP contribution in [-0.2, 0) is 11.2 Å². The van der Waals surface area contributed by atoms with Crippen LogP contribution in [0.5, 0.6) is 0 Å². The zero-order valence-electron chi connectivity index (χ0n) is 12.6. The van der Waals surface area contributed by atoms with E-state index in [1.165, 1.54) is 12.1 Å². The molecule has 0 atom stereocenters. The minimum atomic E-state index is -2.81. The second kappa shape index (κ2) is 7.51. The van der Waals surface area contributed by atoms with Gasteiger partial charge in [0.15, 0.2) is 0 Å². The number of imide groups is 1. The number of thiocarbonyl (C=S) groups is 1. The van der Waals surface area contributed by atoms with E-state index in [0.29, 0.717) is 4.90 Å². The zero-order valence-corrected chi connectivity index (χ0v) is 13.4. The summed E-state index contributed by atoms with van der Waals surface area (Å²) in [5.41, 5.74) is -0.889. The predicted molar refractivity (Wildman–Crippen MR) is 86.3 cm³/mol. The molecule has 0 aliphatic carbocycles. The lowest BCUT2D eigenvalue weighted by molar-refractivity contribution is -0.125. The molecule has 2 amide bonds. The third kappa shape index (κ3) is 4.08. The summed E-state index contributed by atoms with van der Waals surface area (Å²) in [6, 6.07) is 3.54. The van der Waals surface area contributed by atoms with E-state index in [1.54, 1.807) is 0 Å². The van der Waals surface area contributed by atoms with E-state index in [2.05, 4.69) is 5.32 Å². The van der Waals surface area contributed by atoms with Crippen molar-refractivity contribution in [3.05, 3.63) is 40.9 Å². The van der Waals surface area contributed by atoms with Gasteiger partial charge in [-0.1, -0.05) is 18.3 Å². The van der Waals surface area contributed by atoms with Crippen LogP contribution in [0.3, 0.4) is 0 Å². The monoisotopic (exact) mass is 374 g/mol. The van der Waals surface area contributed by atoms with Crippen LogP contribution in [0.15, 0.2) is 29.5 Å². The van der Waals surface area contributed by atoms with Gasteiger partial charge < -0.3 is 15.5 Å². The van der Waals surface area contributed by atoms with Gasteiger partial charge in [0, 0.05) is 30.6 Å². The molecule has 0 radical (unpaired) electrons. The minimum absolute atomic E-state index is 0.0918. The number of amides is 2. The number of alkyl halides is 2. The largest absolute Gasteiger partial charge is 0.511 e. The fourth-order valence-electron chi connectivity index (χ4n) is 2.34. The Balaban J connectivity index is 2.32. The Morgan fingerprint density at radius 2 is 2.08 bits per heavy atom. The Kier molecular flexibility index (Phi) is 5.62. The SMILES string of the molecule is O=C(O)N1CCC(O)=C(C(=S)Nc2cccc(F)c2CC(F)F)C1=O. The number of nitrogens with one attached hydrogen (secondary N) is 1. The van der Waals surface area contributed by atoms with Gasteiger partial charge in [-0.05, 0) is 12.1 Å². The number of benzene rings is 1. The quantitative estimate of drug-likeness (QED) is 0.702. The highest BCUT2D eigenvalue weighted by Crippen LogP contribution is 2.25. The Bertz CT molecular complexity index is 767. The van der Waals surface area contributed by atoms with Crippen molar-refractivity contribution in [2.75, 3.05) is 11.9 Å². The van der Waals surface area contributed by atoms with Crippen LogP contribution in [0.25, 0.3) is 0 Å². The van der Waals surface area contributed by atoms with Gasteiger partial charge in [0.1, 0.15) is 22.1 Å². The maximum atomic E-state index is 13.8. The maximum absolute atomic E-state index is 13.8. The summed E-state index contributed by atoms with van der Waals surface area (Å²) in [7, 11) is 0. The first-order chi connectivity index (χ1) is 11.7. The van der Waals surface area contributed by atoms with Crippen LogP contribution in [0.1, 0.15) is 12.0 Å². The van der Waals surface area contributed by atoms with E-state index in [0.717, 1.165) is 6.07 Å². The minimum Gasteiger partial charge on any atom is -0.511 e. The molecule has 0 spiro atoms. The van der Waals surface area contributed by atoms with Crippen molar-refractivity contribution in [1.29, 1.82) is 0 Å². The predicted octanol–water partition coefficient (Wildman–Crippen LogP) is 3.10. The number of carbonyl (C=O) groups is 2. The number of halogens is 3. The summed E-state index contributed by atoms with van der Waals surface area (Å²) in [4.78, 5) is 23.3. The van der Waals surface area contributed by atoms with Gasteiger partial charge in [-0.25, -0.2) is 22.9 Å². The van der Waals surface area contributed by atoms with Gasteiger partial charge >= 0.3 is 6.09 Å². The number of carboxylic acid groups (broad SMARTS) is 1. The van der Waals surface area contributed by atoms with Gasteiger partial charge in [-0.2, -0.15) is 0 Å². The van der Waals surface area contributed by atoms with Crippen molar-refractivity contribution >= 4 is 34.9 Å². The highest BCUT2D eigenvalue weighted by molar-refractivity contribution is 7.81. The summed E-state index contributed by atoms with van der Waals surface area (Å²) in [6.07, 6.45) is -5.33. The normalized spacial score (nSPS) is 14.9. The number of hydrogen-bond donors (Lipinski definition) is 3. The Morgan fingerprint density at radius 1 is 1.40 bits per heavy atom. The van der Waals surface area contributed by atoms with Gasteiger partial charge in [0.2, 0.25) is 6.43 Å². The topological polar surface area (TPSA) is 89.9 Å². The highest BCUT2D eigenvalue weighted by Gasteiger charge is 2.33. The Labute approximate surface area is 145 Å². The summed E-state index contributed by atoms with van der Waals surface area (Å²) in [5.74, 6) is -2.35. The van der Waals surface area contributed by atoms with E-state index < -0.39 is 42.0 Å². The fraction of sp³-hybridized carbons (Fsp3) is 0.267.